The number of rotatable bonds is 5. The third-order valence-electron chi connectivity index (χ3n) is 3.65. The highest BCUT2D eigenvalue weighted by atomic mass is 16.5. The number of hydrogen-bond acceptors (Lipinski definition) is 4. The van der Waals surface area contributed by atoms with Crippen LogP contribution in [0, 0.1) is 0 Å². The molecule has 0 saturated heterocycles. The van der Waals surface area contributed by atoms with Crippen LogP contribution in [-0.4, -0.2) is 23.7 Å². The topological polar surface area (TPSA) is 64.4 Å². The van der Waals surface area contributed by atoms with E-state index in [2.05, 4.69) is 23.5 Å². The number of ether oxygens (including phenoxy) is 1. The van der Waals surface area contributed by atoms with Crippen molar-refractivity contribution in [1.82, 2.24) is 10.5 Å². The molecule has 5 heteroatoms. The molecule has 22 heavy (non-hydrogen) atoms. The minimum atomic E-state index is -0.0297. The fourth-order valence-electron chi connectivity index (χ4n) is 2.60. The third-order valence-corrected chi connectivity index (χ3v) is 3.65. The van der Waals surface area contributed by atoms with Crippen molar-refractivity contribution in [3.63, 3.8) is 0 Å². The van der Waals surface area contributed by atoms with Gasteiger partial charge in [0.1, 0.15) is 11.9 Å². The molecule has 0 radical (unpaired) electrons. The molecule has 1 aromatic heterocycles. The highest BCUT2D eigenvalue weighted by Crippen LogP contribution is 2.33. The fourth-order valence-corrected chi connectivity index (χ4v) is 2.60. The van der Waals surface area contributed by atoms with Crippen LogP contribution in [0.4, 0.5) is 0 Å². The molecule has 1 aliphatic rings. The lowest BCUT2D eigenvalue weighted by Crippen LogP contribution is -2.25. The Morgan fingerprint density at radius 1 is 1.41 bits per heavy atom. The van der Waals surface area contributed by atoms with Gasteiger partial charge in [-0.05, 0) is 37.1 Å². The molecule has 1 atom stereocenters. The smallest absolute Gasteiger partial charge is 0.226 e. The van der Waals surface area contributed by atoms with E-state index in [0.717, 1.165) is 24.2 Å². The molecule has 0 aliphatic carbocycles. The van der Waals surface area contributed by atoms with E-state index in [1.165, 1.54) is 5.56 Å². The van der Waals surface area contributed by atoms with Crippen molar-refractivity contribution in [2.75, 3.05) is 6.54 Å². The average molecular weight is 300 g/mol. The maximum atomic E-state index is 11.7. The van der Waals surface area contributed by atoms with Crippen molar-refractivity contribution in [2.24, 2.45) is 0 Å². The summed E-state index contributed by atoms with van der Waals surface area (Å²) in [4.78, 5) is 11.7. The Morgan fingerprint density at radius 3 is 3.09 bits per heavy atom. The van der Waals surface area contributed by atoms with Gasteiger partial charge in [0.05, 0.1) is 12.1 Å². The van der Waals surface area contributed by atoms with Gasteiger partial charge in [-0.1, -0.05) is 12.1 Å². The second kappa shape index (κ2) is 6.22. The monoisotopic (exact) mass is 300 g/mol. The zero-order chi connectivity index (χ0) is 15.5. The largest absolute Gasteiger partial charge is 0.490 e. The number of nitrogens with zero attached hydrogens (tertiary/aromatic N) is 1. The average Bonchev–Trinajstić information content (AvgIpc) is 3.09. The molecule has 0 saturated carbocycles. The molecule has 3 rings (SSSR count). The summed E-state index contributed by atoms with van der Waals surface area (Å²) < 4.78 is 11.1. The van der Waals surface area contributed by atoms with Crippen LogP contribution in [0.15, 0.2) is 28.8 Å². The molecular weight excluding hydrogens is 280 g/mol. The third kappa shape index (κ3) is 3.13. The summed E-state index contributed by atoms with van der Waals surface area (Å²) in [5.74, 6) is 1.59. The van der Waals surface area contributed by atoms with E-state index in [1.807, 2.05) is 25.1 Å². The molecule has 1 aromatic carbocycles. The van der Waals surface area contributed by atoms with Crippen molar-refractivity contribution in [3.8, 4) is 17.1 Å². The van der Waals surface area contributed by atoms with Gasteiger partial charge in [-0.3, -0.25) is 4.79 Å². The van der Waals surface area contributed by atoms with Crippen LogP contribution in [0.25, 0.3) is 11.3 Å². The normalized spacial score (nSPS) is 16.2. The molecule has 1 aliphatic heterocycles. The predicted molar refractivity (Wildman–Crippen MR) is 82.7 cm³/mol. The van der Waals surface area contributed by atoms with Gasteiger partial charge < -0.3 is 14.6 Å². The van der Waals surface area contributed by atoms with Crippen LogP contribution >= 0.6 is 0 Å². The van der Waals surface area contributed by atoms with Crippen molar-refractivity contribution in [1.29, 1.82) is 0 Å². The summed E-state index contributed by atoms with van der Waals surface area (Å²) in [5, 5.41) is 6.81. The lowest BCUT2D eigenvalue weighted by atomic mass is 10.1. The van der Waals surface area contributed by atoms with Crippen LogP contribution in [0.1, 0.15) is 31.5 Å². The summed E-state index contributed by atoms with van der Waals surface area (Å²) in [5.41, 5.74) is 2.79. The van der Waals surface area contributed by atoms with Crippen molar-refractivity contribution in [3.05, 3.63) is 35.5 Å². The Hall–Kier alpha value is -2.30. The van der Waals surface area contributed by atoms with Gasteiger partial charge in [0, 0.05) is 24.6 Å². The van der Waals surface area contributed by atoms with Gasteiger partial charge in [-0.25, -0.2) is 0 Å². The van der Waals surface area contributed by atoms with Crippen LogP contribution in [0.3, 0.4) is 0 Å². The van der Waals surface area contributed by atoms with Crippen LogP contribution in [0.5, 0.6) is 5.75 Å². The first kappa shape index (κ1) is 14.6. The second-order valence-electron chi connectivity index (χ2n) is 5.66. The highest BCUT2D eigenvalue weighted by Gasteiger charge is 2.20. The minimum Gasteiger partial charge on any atom is -0.490 e. The molecule has 2 aromatic rings. The molecule has 1 amide bonds. The van der Waals surface area contributed by atoms with Gasteiger partial charge >= 0.3 is 0 Å². The second-order valence-corrected chi connectivity index (χ2v) is 5.66. The quantitative estimate of drug-likeness (QED) is 0.922. The number of aromatic nitrogens is 1. The van der Waals surface area contributed by atoms with E-state index in [1.54, 1.807) is 0 Å². The highest BCUT2D eigenvalue weighted by molar-refractivity contribution is 5.78. The zero-order valence-corrected chi connectivity index (χ0v) is 12.9. The Bertz CT molecular complexity index is 678. The van der Waals surface area contributed by atoms with Crippen molar-refractivity contribution < 1.29 is 14.1 Å². The first-order chi connectivity index (χ1) is 10.7. The lowest BCUT2D eigenvalue weighted by molar-refractivity contribution is -0.120. The number of carbonyl (C=O) groups is 1. The van der Waals surface area contributed by atoms with E-state index in [-0.39, 0.29) is 18.4 Å². The van der Waals surface area contributed by atoms with E-state index >= 15 is 0 Å². The van der Waals surface area contributed by atoms with Crippen LogP contribution < -0.4 is 10.1 Å². The SMILES string of the molecule is CCCNC(=O)Cc1cc(-c2ccc3c(c2)CC(C)O3)on1. The molecule has 0 spiro atoms. The standard InChI is InChI=1S/C17H20N2O3/c1-3-6-18-17(20)10-14-9-16(22-19-14)12-4-5-15-13(8-12)7-11(2)21-15/h4-5,8-9,11H,3,6-7,10H2,1-2H3,(H,18,20). The van der Waals surface area contributed by atoms with Gasteiger partial charge in [0.15, 0.2) is 5.76 Å². The summed E-state index contributed by atoms with van der Waals surface area (Å²) in [6, 6.07) is 7.81. The molecule has 0 fully saturated rings. The number of hydrogen-bond donors (Lipinski definition) is 1. The predicted octanol–water partition coefficient (Wildman–Crippen LogP) is 2.73. The van der Waals surface area contributed by atoms with Gasteiger partial charge in [-0.15, -0.1) is 0 Å². The maximum absolute atomic E-state index is 11.7. The van der Waals surface area contributed by atoms with Crippen LogP contribution in [0.2, 0.25) is 0 Å². The van der Waals surface area contributed by atoms with Gasteiger partial charge in [0.25, 0.3) is 0 Å². The lowest BCUT2D eigenvalue weighted by Gasteiger charge is -2.02. The summed E-state index contributed by atoms with van der Waals surface area (Å²) in [6.45, 7) is 4.76. The Labute approximate surface area is 129 Å². The molecule has 5 nitrogen and oxygen atoms in total. The maximum Gasteiger partial charge on any atom is 0.226 e. The molecule has 1 N–H and O–H groups in total. The fraction of sp³-hybridized carbons (Fsp3) is 0.412. The summed E-state index contributed by atoms with van der Waals surface area (Å²) >= 11 is 0. The molecular formula is C17H20N2O3. The number of benzene rings is 1. The van der Waals surface area contributed by atoms with Gasteiger partial charge in [0.2, 0.25) is 5.91 Å². The number of carbonyl (C=O) groups excluding carboxylic acids is 1. The molecule has 1 unspecified atom stereocenters. The van der Waals surface area contributed by atoms with E-state index < -0.39 is 0 Å². The Balaban J connectivity index is 1.71. The molecule has 0 bridgehead atoms. The number of nitrogens with one attached hydrogen (secondary N) is 1. The van der Waals surface area contributed by atoms with Crippen molar-refractivity contribution in [2.45, 2.75) is 39.2 Å². The Kier molecular flexibility index (Phi) is 4.13. The zero-order valence-electron chi connectivity index (χ0n) is 12.9. The van der Waals surface area contributed by atoms with Crippen molar-refractivity contribution >= 4 is 5.91 Å². The van der Waals surface area contributed by atoms with E-state index in [4.69, 9.17) is 9.26 Å². The summed E-state index contributed by atoms with van der Waals surface area (Å²) in [7, 11) is 0. The number of amides is 1. The Morgan fingerprint density at radius 2 is 2.27 bits per heavy atom. The van der Waals surface area contributed by atoms with Gasteiger partial charge in [-0.2, -0.15) is 0 Å². The minimum absolute atomic E-state index is 0.0297. The first-order valence-corrected chi connectivity index (χ1v) is 7.68. The number of fused-ring (bicyclic) bond motifs is 1. The van der Waals surface area contributed by atoms with Crippen LogP contribution in [-0.2, 0) is 17.6 Å². The van der Waals surface area contributed by atoms with E-state index in [9.17, 15) is 4.79 Å². The molecule has 2 heterocycles. The first-order valence-electron chi connectivity index (χ1n) is 7.68. The molecule has 116 valence electrons. The summed E-state index contributed by atoms with van der Waals surface area (Å²) in [6.07, 6.45) is 2.29. The van der Waals surface area contributed by atoms with E-state index in [0.29, 0.717) is 18.0 Å².